The fourth-order valence-corrected chi connectivity index (χ4v) is 1.27. The molecule has 1 rings (SSSR count). The zero-order chi connectivity index (χ0) is 14.4. The van der Waals surface area contributed by atoms with Crippen LogP contribution >= 0.6 is 0 Å². The Labute approximate surface area is 107 Å². The number of halogens is 1. The van der Waals surface area contributed by atoms with E-state index in [1.54, 1.807) is 0 Å². The number of nitrogens with zero attached hydrogens (tertiary/aromatic N) is 1. The van der Waals surface area contributed by atoms with E-state index in [4.69, 9.17) is 10.2 Å². The van der Waals surface area contributed by atoms with Gasteiger partial charge in [0.25, 0.3) is 5.91 Å². The molecule has 1 aromatic rings. The molecule has 8 heteroatoms. The fraction of sp³-hybridized carbons (Fsp3) is 0.273. The number of pyridine rings is 1. The lowest BCUT2D eigenvalue weighted by Crippen LogP contribution is -2.41. The van der Waals surface area contributed by atoms with Gasteiger partial charge in [0.2, 0.25) is 0 Å². The number of carboxylic acid groups (broad SMARTS) is 2. The van der Waals surface area contributed by atoms with E-state index < -0.39 is 36.1 Å². The molecule has 102 valence electrons. The highest BCUT2D eigenvalue weighted by atomic mass is 19.1. The van der Waals surface area contributed by atoms with Crippen molar-refractivity contribution in [1.29, 1.82) is 0 Å². The van der Waals surface area contributed by atoms with Gasteiger partial charge < -0.3 is 15.5 Å². The Morgan fingerprint density at radius 3 is 2.47 bits per heavy atom. The van der Waals surface area contributed by atoms with Crippen molar-refractivity contribution in [3.63, 3.8) is 0 Å². The number of carboxylic acids is 2. The van der Waals surface area contributed by atoms with Crippen molar-refractivity contribution in [3.8, 4) is 0 Å². The first kappa shape index (κ1) is 14.6. The normalized spacial score (nSPS) is 11.6. The third kappa shape index (κ3) is 4.70. The van der Waals surface area contributed by atoms with Crippen LogP contribution in [-0.2, 0) is 9.59 Å². The maximum Gasteiger partial charge on any atom is 0.326 e. The molecule has 1 amide bonds. The third-order valence-corrected chi connectivity index (χ3v) is 2.21. The standard InChI is InChI=1S/C11H11FN2O5/c12-6-1-2-7(13-5-6)10(17)14-8(11(18)19)3-4-9(15)16/h1-2,5,8H,3-4H2,(H,14,17)(H,15,16)(H,18,19). The van der Waals surface area contributed by atoms with Gasteiger partial charge in [0.1, 0.15) is 17.6 Å². The van der Waals surface area contributed by atoms with Crippen molar-refractivity contribution in [3.05, 3.63) is 29.8 Å². The largest absolute Gasteiger partial charge is 0.481 e. The van der Waals surface area contributed by atoms with Gasteiger partial charge in [-0.15, -0.1) is 0 Å². The summed E-state index contributed by atoms with van der Waals surface area (Å²) >= 11 is 0. The van der Waals surface area contributed by atoms with Crippen LogP contribution in [-0.4, -0.2) is 39.1 Å². The van der Waals surface area contributed by atoms with Crippen LogP contribution in [0.1, 0.15) is 23.3 Å². The molecule has 0 aromatic carbocycles. The zero-order valence-corrected chi connectivity index (χ0v) is 9.67. The minimum atomic E-state index is -1.35. The molecule has 0 aliphatic heterocycles. The van der Waals surface area contributed by atoms with Crippen molar-refractivity contribution in [2.45, 2.75) is 18.9 Å². The van der Waals surface area contributed by atoms with Gasteiger partial charge in [-0.1, -0.05) is 0 Å². The van der Waals surface area contributed by atoms with E-state index in [0.717, 1.165) is 18.3 Å². The molecule has 0 saturated carbocycles. The van der Waals surface area contributed by atoms with Crippen molar-refractivity contribution in [2.75, 3.05) is 0 Å². The lowest BCUT2D eigenvalue weighted by Gasteiger charge is -2.12. The first-order chi connectivity index (χ1) is 8.90. The lowest BCUT2D eigenvalue weighted by atomic mass is 10.1. The maximum atomic E-state index is 12.6. The SMILES string of the molecule is O=C(O)CCC(NC(=O)c1ccc(F)cn1)C(=O)O. The van der Waals surface area contributed by atoms with Gasteiger partial charge in [-0.25, -0.2) is 14.2 Å². The molecule has 3 N–H and O–H groups in total. The Kier molecular flexibility index (Phi) is 4.92. The molecular formula is C11H11FN2O5. The topological polar surface area (TPSA) is 117 Å². The number of aliphatic carboxylic acids is 2. The molecule has 0 spiro atoms. The van der Waals surface area contributed by atoms with Crippen LogP contribution in [0.3, 0.4) is 0 Å². The molecule has 1 aromatic heterocycles. The highest BCUT2D eigenvalue weighted by Crippen LogP contribution is 2.02. The van der Waals surface area contributed by atoms with E-state index >= 15 is 0 Å². The second-order valence-electron chi connectivity index (χ2n) is 3.66. The molecule has 0 bridgehead atoms. The van der Waals surface area contributed by atoms with E-state index in [2.05, 4.69) is 10.3 Å². The first-order valence-electron chi connectivity index (χ1n) is 5.27. The fourth-order valence-electron chi connectivity index (χ4n) is 1.27. The van der Waals surface area contributed by atoms with Crippen LogP contribution in [0.25, 0.3) is 0 Å². The first-order valence-corrected chi connectivity index (χ1v) is 5.27. The predicted octanol–water partition coefficient (Wildman–Crippen LogP) is 0.268. The Balaban J connectivity index is 2.68. The minimum absolute atomic E-state index is 0.150. The van der Waals surface area contributed by atoms with Gasteiger partial charge in [-0.2, -0.15) is 0 Å². The molecule has 1 unspecified atom stereocenters. The lowest BCUT2D eigenvalue weighted by molar-refractivity contribution is -0.140. The molecule has 0 fully saturated rings. The summed E-state index contributed by atoms with van der Waals surface area (Å²) in [5, 5.41) is 19.4. The molecule has 1 atom stereocenters. The summed E-state index contributed by atoms with van der Waals surface area (Å²) in [4.78, 5) is 36.3. The Hall–Kier alpha value is -2.51. The van der Waals surface area contributed by atoms with E-state index in [9.17, 15) is 18.8 Å². The van der Waals surface area contributed by atoms with Crippen LogP contribution in [0.15, 0.2) is 18.3 Å². The predicted molar refractivity (Wildman–Crippen MR) is 60.0 cm³/mol. The number of carbonyl (C=O) groups is 3. The summed E-state index contributed by atoms with van der Waals surface area (Å²) in [7, 11) is 0. The average Bonchev–Trinajstić information content (AvgIpc) is 2.34. The molecule has 19 heavy (non-hydrogen) atoms. The second kappa shape index (κ2) is 6.43. The van der Waals surface area contributed by atoms with Crippen molar-refractivity contribution in [1.82, 2.24) is 10.3 Å². The van der Waals surface area contributed by atoms with Gasteiger partial charge in [0.15, 0.2) is 0 Å². The molecule has 0 aliphatic carbocycles. The maximum absolute atomic E-state index is 12.6. The monoisotopic (exact) mass is 270 g/mol. The van der Waals surface area contributed by atoms with Crippen LogP contribution in [0.4, 0.5) is 4.39 Å². The molecule has 0 aliphatic rings. The summed E-state index contributed by atoms with van der Waals surface area (Å²) in [5.41, 5.74) is -0.150. The molecular weight excluding hydrogens is 259 g/mol. The highest BCUT2D eigenvalue weighted by molar-refractivity contribution is 5.94. The van der Waals surface area contributed by atoms with E-state index in [-0.39, 0.29) is 12.1 Å². The summed E-state index contributed by atoms with van der Waals surface area (Å²) in [6.45, 7) is 0. The Morgan fingerprint density at radius 2 is 2.00 bits per heavy atom. The van der Waals surface area contributed by atoms with Crippen LogP contribution < -0.4 is 5.32 Å². The van der Waals surface area contributed by atoms with Gasteiger partial charge in [-0.3, -0.25) is 9.59 Å². The number of nitrogens with one attached hydrogen (secondary N) is 1. The van der Waals surface area contributed by atoms with Crippen LogP contribution in [0.5, 0.6) is 0 Å². The number of amides is 1. The Bertz CT molecular complexity index is 488. The van der Waals surface area contributed by atoms with Gasteiger partial charge in [-0.05, 0) is 18.6 Å². The van der Waals surface area contributed by atoms with Crippen LogP contribution in [0.2, 0.25) is 0 Å². The molecule has 7 nitrogen and oxygen atoms in total. The number of hydrogen-bond acceptors (Lipinski definition) is 4. The van der Waals surface area contributed by atoms with E-state index in [1.807, 2.05) is 0 Å². The van der Waals surface area contributed by atoms with Crippen molar-refractivity contribution >= 4 is 17.8 Å². The molecule has 1 heterocycles. The summed E-state index contributed by atoms with van der Waals surface area (Å²) in [6, 6.07) is 0.769. The van der Waals surface area contributed by atoms with Gasteiger partial charge in [0.05, 0.1) is 6.20 Å². The van der Waals surface area contributed by atoms with E-state index in [1.165, 1.54) is 0 Å². The zero-order valence-electron chi connectivity index (χ0n) is 9.67. The third-order valence-electron chi connectivity index (χ3n) is 2.21. The van der Waals surface area contributed by atoms with Crippen LogP contribution in [0, 0.1) is 5.82 Å². The number of rotatable bonds is 6. The van der Waals surface area contributed by atoms with Crippen molar-refractivity contribution < 1.29 is 29.0 Å². The highest BCUT2D eigenvalue weighted by Gasteiger charge is 2.22. The summed E-state index contributed by atoms with van der Waals surface area (Å²) in [5.74, 6) is -3.95. The summed E-state index contributed by atoms with van der Waals surface area (Å²) < 4.78 is 12.6. The average molecular weight is 270 g/mol. The molecule has 0 radical (unpaired) electrons. The van der Waals surface area contributed by atoms with Gasteiger partial charge >= 0.3 is 11.9 Å². The second-order valence-corrected chi connectivity index (χ2v) is 3.66. The van der Waals surface area contributed by atoms with E-state index in [0.29, 0.717) is 0 Å². The molecule has 0 saturated heterocycles. The Morgan fingerprint density at radius 1 is 1.32 bits per heavy atom. The number of hydrogen-bond donors (Lipinski definition) is 3. The number of aromatic nitrogens is 1. The quantitative estimate of drug-likeness (QED) is 0.683. The minimum Gasteiger partial charge on any atom is -0.481 e. The summed E-state index contributed by atoms with van der Waals surface area (Å²) in [6.07, 6.45) is 0.174. The number of carbonyl (C=O) groups excluding carboxylic acids is 1. The smallest absolute Gasteiger partial charge is 0.326 e. The van der Waals surface area contributed by atoms with Crippen molar-refractivity contribution in [2.24, 2.45) is 0 Å². The van der Waals surface area contributed by atoms with Gasteiger partial charge in [0, 0.05) is 6.42 Å².